The minimum Gasteiger partial charge on any atom is -0.427 e. The highest BCUT2D eigenvalue weighted by molar-refractivity contribution is 6.73. The molecule has 2 aromatic heterocycles. The van der Waals surface area contributed by atoms with Crippen molar-refractivity contribution in [3.63, 3.8) is 0 Å². The monoisotopic (exact) mass is 492 g/mol. The number of aryl methyl sites for hydroxylation is 1. The third-order valence-corrected chi connectivity index (χ3v) is 7.27. The highest BCUT2D eigenvalue weighted by Gasteiger charge is 2.24. The van der Waals surface area contributed by atoms with Gasteiger partial charge in [0.1, 0.15) is 0 Å². The van der Waals surface area contributed by atoms with Crippen LogP contribution in [-0.2, 0) is 30.5 Å². The predicted molar refractivity (Wildman–Crippen MR) is 153 cm³/mol. The fraction of sp³-hybridized carbons (Fsp3) is 0.267. The van der Waals surface area contributed by atoms with Crippen molar-refractivity contribution < 1.29 is 14.2 Å². The summed E-state index contributed by atoms with van der Waals surface area (Å²) in [5, 5.41) is 0. The molecule has 2 aliphatic heterocycles. The summed E-state index contributed by atoms with van der Waals surface area (Å²) in [6.07, 6.45) is 8.67. The van der Waals surface area contributed by atoms with Crippen LogP contribution in [0.2, 0.25) is 20.0 Å². The lowest BCUT2D eigenvalue weighted by atomic mass is 9.48. The standard InChI is InChI=1S/C15H16BNO.C14H14BNO2.CH4/c1-16-6-4-12-3-2-11(8-14(12)16)9-15(18)13-5-7-17-10-13;1-15-12-7-10(4-5-11(12)9-18-15)8-14(17)13-3-2-6-16-13;/h2-3,5,7-8,10,17H,4,6,9H2,1H3;2-7,16H,8-9H2,1H3;1H4. The molecule has 5 nitrogen and oxygen atoms in total. The van der Waals surface area contributed by atoms with Crippen molar-refractivity contribution in [1.29, 1.82) is 0 Å². The molecule has 188 valence electrons. The van der Waals surface area contributed by atoms with Crippen molar-refractivity contribution in [3.8, 4) is 0 Å². The van der Waals surface area contributed by atoms with Crippen molar-refractivity contribution in [3.05, 3.63) is 107 Å². The fourth-order valence-corrected chi connectivity index (χ4v) is 5.11. The third-order valence-electron chi connectivity index (χ3n) is 7.27. The van der Waals surface area contributed by atoms with Crippen LogP contribution in [0.5, 0.6) is 0 Å². The van der Waals surface area contributed by atoms with Crippen LogP contribution in [0.4, 0.5) is 0 Å². The molecule has 4 heterocycles. The molecule has 2 aromatic carbocycles. The third kappa shape index (κ3) is 6.05. The SMILES string of the molecule is C.CB1CCc2ccc(CC(=O)c3cc[nH]c3)cc21.CB1OCc2ccc(CC(=O)c3ccc[nH]3)cc21. The van der Waals surface area contributed by atoms with E-state index in [0.29, 0.717) is 31.9 Å². The Morgan fingerprint density at radius 3 is 2.32 bits per heavy atom. The Morgan fingerprint density at radius 1 is 0.892 bits per heavy atom. The number of ketones is 2. The van der Waals surface area contributed by atoms with Gasteiger partial charge in [-0.2, -0.15) is 0 Å². The van der Waals surface area contributed by atoms with Gasteiger partial charge in [0.05, 0.1) is 12.3 Å². The van der Waals surface area contributed by atoms with E-state index >= 15 is 0 Å². The van der Waals surface area contributed by atoms with Gasteiger partial charge >= 0.3 is 6.92 Å². The molecule has 37 heavy (non-hydrogen) atoms. The van der Waals surface area contributed by atoms with E-state index in [0.717, 1.165) is 16.7 Å². The Bertz CT molecular complexity index is 1260. The van der Waals surface area contributed by atoms with E-state index < -0.39 is 0 Å². The molecule has 7 heteroatoms. The van der Waals surface area contributed by atoms with E-state index in [4.69, 9.17) is 4.65 Å². The van der Waals surface area contributed by atoms with Crippen LogP contribution in [0.25, 0.3) is 0 Å². The quantitative estimate of drug-likeness (QED) is 0.301. The van der Waals surface area contributed by atoms with Gasteiger partial charge < -0.3 is 14.6 Å². The zero-order valence-electron chi connectivity index (χ0n) is 20.8. The van der Waals surface area contributed by atoms with Crippen LogP contribution >= 0.6 is 0 Å². The molecular formula is C30H34B2N2O3. The van der Waals surface area contributed by atoms with Crippen LogP contribution in [0.1, 0.15) is 50.5 Å². The summed E-state index contributed by atoms with van der Waals surface area (Å²) in [4.78, 5) is 29.9. The van der Waals surface area contributed by atoms with E-state index in [1.54, 1.807) is 24.7 Å². The molecule has 0 amide bonds. The molecule has 0 atom stereocenters. The zero-order valence-corrected chi connectivity index (χ0v) is 20.8. The van der Waals surface area contributed by atoms with Crippen molar-refractivity contribution in [2.75, 3.05) is 0 Å². The first-order valence-corrected chi connectivity index (χ1v) is 12.7. The summed E-state index contributed by atoms with van der Waals surface area (Å²) in [6, 6.07) is 18.2. The Morgan fingerprint density at radius 2 is 1.62 bits per heavy atom. The number of aromatic amines is 2. The minimum atomic E-state index is 0. The number of carbonyl (C=O) groups excluding carboxylic acids is 2. The van der Waals surface area contributed by atoms with Gasteiger partial charge in [-0.05, 0) is 46.8 Å². The molecule has 0 saturated carbocycles. The minimum absolute atomic E-state index is 0. The number of aromatic nitrogens is 2. The van der Waals surface area contributed by atoms with Crippen LogP contribution in [0, 0.1) is 0 Å². The largest absolute Gasteiger partial charge is 0.427 e. The number of benzene rings is 2. The van der Waals surface area contributed by atoms with Crippen LogP contribution < -0.4 is 10.9 Å². The van der Waals surface area contributed by atoms with Gasteiger partial charge in [0.2, 0.25) is 0 Å². The first kappa shape index (κ1) is 26.5. The lowest BCUT2D eigenvalue weighted by Crippen LogP contribution is -2.24. The highest BCUT2D eigenvalue weighted by Crippen LogP contribution is 2.17. The van der Waals surface area contributed by atoms with Gasteiger partial charge in [-0.25, -0.2) is 0 Å². The topological polar surface area (TPSA) is 75.0 Å². The van der Waals surface area contributed by atoms with Crippen molar-refractivity contribution in [2.24, 2.45) is 0 Å². The van der Waals surface area contributed by atoms with Crippen LogP contribution in [0.15, 0.2) is 73.2 Å². The van der Waals surface area contributed by atoms with Crippen molar-refractivity contribution in [1.82, 2.24) is 9.97 Å². The van der Waals surface area contributed by atoms with Gasteiger partial charge in [0.15, 0.2) is 18.3 Å². The molecule has 0 saturated heterocycles. The van der Waals surface area contributed by atoms with Crippen LogP contribution in [0.3, 0.4) is 0 Å². The number of Topliss-reactive ketones (excluding diaryl/α,β-unsaturated/α-hetero) is 2. The van der Waals surface area contributed by atoms with E-state index in [1.165, 1.54) is 34.8 Å². The lowest BCUT2D eigenvalue weighted by molar-refractivity contribution is 0.0982. The van der Waals surface area contributed by atoms with E-state index in [2.05, 4.69) is 47.1 Å². The summed E-state index contributed by atoms with van der Waals surface area (Å²) >= 11 is 0. The Kier molecular flexibility index (Phi) is 8.34. The van der Waals surface area contributed by atoms with Gasteiger partial charge in [0.25, 0.3) is 0 Å². The number of H-pyrrole nitrogens is 2. The van der Waals surface area contributed by atoms with Crippen molar-refractivity contribution in [2.45, 2.75) is 53.3 Å². The summed E-state index contributed by atoms with van der Waals surface area (Å²) in [5.41, 5.74) is 8.96. The zero-order chi connectivity index (χ0) is 25.1. The second-order valence-corrected chi connectivity index (χ2v) is 9.84. The van der Waals surface area contributed by atoms with Gasteiger partial charge in [-0.3, -0.25) is 9.59 Å². The molecule has 0 spiro atoms. The molecular weight excluding hydrogens is 458 g/mol. The average Bonchev–Trinajstić information content (AvgIpc) is 3.69. The second-order valence-electron chi connectivity index (χ2n) is 9.84. The number of fused-ring (bicyclic) bond motifs is 2. The maximum atomic E-state index is 12.0. The summed E-state index contributed by atoms with van der Waals surface area (Å²) < 4.78 is 5.56. The number of rotatable bonds is 6. The van der Waals surface area contributed by atoms with Gasteiger partial charge in [0, 0.05) is 37.0 Å². The predicted octanol–water partition coefficient (Wildman–Crippen LogP) is 4.76. The molecule has 2 aliphatic rings. The Hall–Kier alpha value is -3.57. The first-order chi connectivity index (χ1) is 17.5. The molecule has 2 N–H and O–H groups in total. The smallest absolute Gasteiger partial charge is 0.324 e. The van der Waals surface area contributed by atoms with E-state index in [9.17, 15) is 9.59 Å². The Balaban J connectivity index is 0.000000168. The molecule has 0 unspecified atom stereocenters. The van der Waals surface area contributed by atoms with Gasteiger partial charge in [-0.15, -0.1) is 0 Å². The number of carbonyl (C=O) groups is 2. The van der Waals surface area contributed by atoms with Gasteiger partial charge in [-0.1, -0.05) is 74.8 Å². The molecule has 0 fully saturated rings. The van der Waals surface area contributed by atoms with Crippen molar-refractivity contribution >= 4 is 36.1 Å². The summed E-state index contributed by atoms with van der Waals surface area (Å²) in [6.45, 7) is 5.77. The summed E-state index contributed by atoms with van der Waals surface area (Å²) in [5.74, 6) is 0.299. The first-order valence-electron chi connectivity index (χ1n) is 12.7. The molecule has 0 aliphatic carbocycles. The van der Waals surface area contributed by atoms with E-state index in [1.807, 2.05) is 25.0 Å². The second kappa shape index (κ2) is 11.7. The molecule has 6 rings (SSSR count). The molecule has 4 aromatic rings. The van der Waals surface area contributed by atoms with E-state index in [-0.39, 0.29) is 25.9 Å². The number of hydrogen-bond acceptors (Lipinski definition) is 3. The van der Waals surface area contributed by atoms with Crippen LogP contribution in [-0.4, -0.2) is 35.2 Å². The Labute approximate surface area is 220 Å². The fourth-order valence-electron chi connectivity index (χ4n) is 5.11. The molecule has 0 bridgehead atoms. The number of nitrogens with one attached hydrogen (secondary N) is 2. The normalized spacial score (nSPS) is 13.4. The summed E-state index contributed by atoms with van der Waals surface area (Å²) in [7, 11) is 0. The molecule has 0 radical (unpaired) electrons. The number of hydrogen-bond donors (Lipinski definition) is 2. The average molecular weight is 492 g/mol. The maximum Gasteiger partial charge on any atom is 0.324 e. The lowest BCUT2D eigenvalue weighted by Gasteiger charge is -2.06. The maximum absolute atomic E-state index is 12.0. The highest BCUT2D eigenvalue weighted by atomic mass is 16.4.